The molecule has 1 saturated heterocycles. The molecule has 0 bridgehead atoms. The summed E-state index contributed by atoms with van der Waals surface area (Å²) >= 11 is 0. The molecule has 2 aromatic carbocycles. The first-order valence-corrected chi connectivity index (χ1v) is 13.5. The summed E-state index contributed by atoms with van der Waals surface area (Å²) in [7, 11) is -5.27. The van der Waals surface area contributed by atoms with E-state index < -0.39 is 20.8 Å². The molecule has 0 saturated carbocycles. The molecule has 1 unspecified atom stereocenters. The first kappa shape index (κ1) is 22.9. The van der Waals surface area contributed by atoms with Crippen LogP contribution in [-0.4, -0.2) is 56.5 Å². The highest BCUT2D eigenvalue weighted by Crippen LogP contribution is 2.21. The molecule has 0 amide bonds. The number of aryl methyl sites for hydroxylation is 1. The standard InChI is InChI=1S/C22H31N3O3S2/c1-29(26)21-12-11-19(18-22(21)30(23,27)28)8-4-3-7-13-24-14-16-25(17-15-24)20-9-5-2-6-10-20/h2,5-6,9-12,18H,3-4,7-8,13-17H2,1H3,(H2,23,27,28). The fourth-order valence-corrected chi connectivity index (χ4v) is 5.84. The molecule has 1 heterocycles. The van der Waals surface area contributed by atoms with Crippen LogP contribution in [0.4, 0.5) is 5.69 Å². The van der Waals surface area contributed by atoms with Gasteiger partial charge in [0.05, 0.1) is 20.6 Å². The quantitative estimate of drug-likeness (QED) is 0.595. The molecule has 0 spiro atoms. The van der Waals surface area contributed by atoms with Gasteiger partial charge in [-0.1, -0.05) is 30.7 Å². The Morgan fingerprint density at radius 1 is 0.967 bits per heavy atom. The van der Waals surface area contributed by atoms with E-state index in [1.165, 1.54) is 11.9 Å². The minimum atomic E-state index is -3.88. The Labute approximate surface area is 182 Å². The first-order chi connectivity index (χ1) is 14.3. The maximum absolute atomic E-state index is 11.8. The SMILES string of the molecule is CS(=O)c1ccc(CCCCCN2CCN(c3ccccc3)CC2)cc1S(N)(=O)=O. The second kappa shape index (κ2) is 10.5. The zero-order valence-corrected chi connectivity index (χ0v) is 19.1. The average molecular weight is 450 g/mol. The van der Waals surface area contributed by atoms with Crippen LogP contribution in [0, 0.1) is 0 Å². The van der Waals surface area contributed by atoms with E-state index in [2.05, 4.69) is 40.1 Å². The van der Waals surface area contributed by atoms with E-state index in [0.717, 1.165) is 64.0 Å². The van der Waals surface area contributed by atoms with E-state index in [0.29, 0.717) is 0 Å². The molecule has 0 aliphatic carbocycles. The number of rotatable bonds is 9. The van der Waals surface area contributed by atoms with E-state index in [1.54, 1.807) is 12.1 Å². The van der Waals surface area contributed by atoms with Crippen molar-refractivity contribution in [3.63, 3.8) is 0 Å². The third-order valence-corrected chi connectivity index (χ3v) is 7.61. The number of hydrogen-bond acceptors (Lipinski definition) is 5. The molecule has 1 atom stereocenters. The van der Waals surface area contributed by atoms with Gasteiger partial charge in [0.2, 0.25) is 10.0 Å². The van der Waals surface area contributed by atoms with Crippen molar-refractivity contribution in [3.05, 3.63) is 54.1 Å². The molecule has 2 aromatic rings. The predicted molar refractivity (Wildman–Crippen MR) is 123 cm³/mol. The summed E-state index contributed by atoms with van der Waals surface area (Å²) in [6, 6.07) is 15.6. The lowest BCUT2D eigenvalue weighted by Crippen LogP contribution is -2.46. The van der Waals surface area contributed by atoms with Gasteiger partial charge >= 0.3 is 0 Å². The van der Waals surface area contributed by atoms with Gasteiger partial charge in [0.1, 0.15) is 0 Å². The Kier molecular flexibility index (Phi) is 8.05. The molecule has 1 aliphatic heterocycles. The highest BCUT2D eigenvalue weighted by atomic mass is 32.2. The summed E-state index contributed by atoms with van der Waals surface area (Å²) in [5, 5.41) is 5.30. The fourth-order valence-electron chi connectivity index (χ4n) is 3.88. The van der Waals surface area contributed by atoms with Gasteiger partial charge in [-0.15, -0.1) is 0 Å². The highest BCUT2D eigenvalue weighted by molar-refractivity contribution is 7.90. The van der Waals surface area contributed by atoms with Gasteiger partial charge < -0.3 is 4.90 Å². The van der Waals surface area contributed by atoms with Crippen molar-refractivity contribution in [2.45, 2.75) is 35.5 Å². The number of primary sulfonamides is 1. The maximum Gasteiger partial charge on any atom is 0.239 e. The van der Waals surface area contributed by atoms with Gasteiger partial charge in [-0.05, 0) is 55.6 Å². The highest BCUT2D eigenvalue weighted by Gasteiger charge is 2.18. The Morgan fingerprint density at radius 3 is 2.30 bits per heavy atom. The molecule has 1 fully saturated rings. The summed E-state index contributed by atoms with van der Waals surface area (Å²) in [6.45, 7) is 5.39. The van der Waals surface area contributed by atoms with E-state index in [1.807, 2.05) is 6.07 Å². The molecular formula is C22H31N3O3S2. The van der Waals surface area contributed by atoms with E-state index in [4.69, 9.17) is 5.14 Å². The molecule has 2 N–H and O–H groups in total. The monoisotopic (exact) mass is 449 g/mol. The second-order valence-electron chi connectivity index (χ2n) is 7.76. The van der Waals surface area contributed by atoms with Crippen LogP contribution >= 0.6 is 0 Å². The minimum Gasteiger partial charge on any atom is -0.369 e. The Bertz CT molecular complexity index is 957. The van der Waals surface area contributed by atoms with Gasteiger partial charge in [-0.3, -0.25) is 9.11 Å². The van der Waals surface area contributed by atoms with Crippen molar-refractivity contribution in [3.8, 4) is 0 Å². The van der Waals surface area contributed by atoms with E-state index in [9.17, 15) is 12.6 Å². The third-order valence-electron chi connectivity index (χ3n) is 5.56. The van der Waals surface area contributed by atoms with Crippen molar-refractivity contribution in [2.75, 3.05) is 43.9 Å². The van der Waals surface area contributed by atoms with Crippen LogP contribution in [0.15, 0.2) is 58.3 Å². The molecule has 6 nitrogen and oxygen atoms in total. The number of piperazine rings is 1. The minimum absolute atomic E-state index is 0.0166. The molecule has 164 valence electrons. The topological polar surface area (TPSA) is 83.7 Å². The molecule has 0 aromatic heterocycles. The van der Waals surface area contributed by atoms with Gasteiger partial charge in [0, 0.05) is 38.1 Å². The van der Waals surface area contributed by atoms with Crippen LogP contribution in [0.3, 0.4) is 0 Å². The second-order valence-corrected chi connectivity index (χ2v) is 10.6. The summed E-state index contributed by atoms with van der Waals surface area (Å²) < 4.78 is 35.4. The average Bonchev–Trinajstić information content (AvgIpc) is 2.74. The molecular weight excluding hydrogens is 418 g/mol. The Hall–Kier alpha value is -1.74. The lowest BCUT2D eigenvalue weighted by atomic mass is 10.1. The number of nitrogens with two attached hydrogens (primary N) is 1. The zero-order chi connectivity index (χ0) is 21.6. The molecule has 30 heavy (non-hydrogen) atoms. The van der Waals surface area contributed by atoms with Crippen molar-refractivity contribution in [1.29, 1.82) is 0 Å². The van der Waals surface area contributed by atoms with Gasteiger partial charge in [-0.2, -0.15) is 0 Å². The van der Waals surface area contributed by atoms with Crippen molar-refractivity contribution in [2.24, 2.45) is 5.14 Å². The van der Waals surface area contributed by atoms with Crippen molar-refractivity contribution in [1.82, 2.24) is 4.90 Å². The normalized spacial score (nSPS) is 16.5. The molecule has 0 radical (unpaired) electrons. The lowest BCUT2D eigenvalue weighted by molar-refractivity contribution is 0.252. The number of hydrogen-bond donors (Lipinski definition) is 1. The van der Waals surface area contributed by atoms with Crippen molar-refractivity contribution < 1.29 is 12.6 Å². The Morgan fingerprint density at radius 2 is 1.67 bits per heavy atom. The zero-order valence-electron chi connectivity index (χ0n) is 17.5. The summed E-state index contributed by atoms with van der Waals surface area (Å²) in [5.74, 6) is 0. The van der Waals surface area contributed by atoms with E-state index >= 15 is 0 Å². The van der Waals surface area contributed by atoms with Crippen molar-refractivity contribution >= 4 is 26.5 Å². The van der Waals surface area contributed by atoms with Crippen LogP contribution in [0.5, 0.6) is 0 Å². The van der Waals surface area contributed by atoms with Crippen LogP contribution in [0.1, 0.15) is 24.8 Å². The molecule has 8 heteroatoms. The number of nitrogens with zero attached hydrogens (tertiary/aromatic N) is 2. The number of sulfonamides is 1. The first-order valence-electron chi connectivity index (χ1n) is 10.4. The fraction of sp³-hybridized carbons (Fsp3) is 0.455. The largest absolute Gasteiger partial charge is 0.369 e. The van der Waals surface area contributed by atoms with Gasteiger partial charge in [0.25, 0.3) is 0 Å². The summed E-state index contributed by atoms with van der Waals surface area (Å²) in [4.78, 5) is 5.21. The van der Waals surface area contributed by atoms with Crippen LogP contribution in [0.2, 0.25) is 0 Å². The smallest absolute Gasteiger partial charge is 0.239 e. The van der Waals surface area contributed by atoms with Crippen LogP contribution in [-0.2, 0) is 27.2 Å². The summed E-state index contributed by atoms with van der Waals surface area (Å²) in [5.41, 5.74) is 2.22. The molecule has 3 rings (SSSR count). The number of anilines is 1. The lowest BCUT2D eigenvalue weighted by Gasteiger charge is -2.36. The number of benzene rings is 2. The van der Waals surface area contributed by atoms with E-state index in [-0.39, 0.29) is 9.79 Å². The Balaban J connectivity index is 1.40. The number of unbranched alkanes of at least 4 members (excludes halogenated alkanes) is 2. The molecule has 1 aliphatic rings. The van der Waals surface area contributed by atoms with Gasteiger partial charge in [0.15, 0.2) is 0 Å². The maximum atomic E-state index is 11.8. The number of para-hydroxylation sites is 1. The van der Waals surface area contributed by atoms with Gasteiger partial charge in [-0.25, -0.2) is 13.6 Å². The van der Waals surface area contributed by atoms with Crippen LogP contribution in [0.25, 0.3) is 0 Å². The predicted octanol–water partition coefficient (Wildman–Crippen LogP) is 2.61. The van der Waals surface area contributed by atoms with Crippen LogP contribution < -0.4 is 10.0 Å². The third kappa shape index (κ3) is 6.38. The summed E-state index contributed by atoms with van der Waals surface area (Å²) in [6.07, 6.45) is 5.46.